The lowest BCUT2D eigenvalue weighted by atomic mass is 10.1. The molecule has 1 aliphatic rings. The first kappa shape index (κ1) is 19.0. The van der Waals surface area contributed by atoms with Gasteiger partial charge < -0.3 is 15.5 Å². The molecule has 0 bridgehead atoms. The quantitative estimate of drug-likeness (QED) is 0.806. The van der Waals surface area contributed by atoms with Crippen LogP contribution in [-0.2, 0) is 11.2 Å². The van der Waals surface area contributed by atoms with Crippen LogP contribution in [0.3, 0.4) is 0 Å². The van der Waals surface area contributed by atoms with E-state index in [4.69, 9.17) is 0 Å². The number of halogens is 1. The van der Waals surface area contributed by atoms with Gasteiger partial charge in [-0.15, -0.1) is 0 Å². The molecule has 0 radical (unpaired) electrons. The molecule has 0 unspecified atom stereocenters. The Kier molecular flexibility index (Phi) is 6.13. The van der Waals surface area contributed by atoms with E-state index in [-0.39, 0.29) is 29.5 Å². The van der Waals surface area contributed by atoms with Crippen LogP contribution < -0.4 is 10.6 Å². The molecule has 1 saturated heterocycles. The third-order valence-electron chi connectivity index (χ3n) is 4.66. The number of aromatic nitrogens is 1. The normalized spacial score (nSPS) is 18.9. The molecular formula is C20H23FN4O2. The highest BCUT2D eigenvalue weighted by Gasteiger charge is 2.32. The van der Waals surface area contributed by atoms with Crippen LogP contribution in [0.15, 0.2) is 48.7 Å². The third kappa shape index (κ3) is 5.10. The Morgan fingerprint density at radius 3 is 2.89 bits per heavy atom. The van der Waals surface area contributed by atoms with E-state index in [9.17, 15) is 14.0 Å². The standard InChI is InChI=1S/C20H23FN4O2/c1-25(10-8-16-7-2-3-9-22-16)20(27)18-12-17(13-23-18)24-19(26)14-5-4-6-15(21)11-14/h2-7,9,11,17-18,23H,8,10,12-13H2,1H3,(H,24,26)/t17-,18+/m1/s1. The number of hydrogen-bond acceptors (Lipinski definition) is 4. The lowest BCUT2D eigenvalue weighted by Gasteiger charge is -2.21. The number of carbonyl (C=O) groups is 2. The summed E-state index contributed by atoms with van der Waals surface area (Å²) in [6.45, 7) is 1.08. The molecule has 7 heteroatoms. The molecule has 1 aromatic heterocycles. The Morgan fingerprint density at radius 2 is 2.15 bits per heavy atom. The van der Waals surface area contributed by atoms with Gasteiger partial charge in [-0.1, -0.05) is 12.1 Å². The summed E-state index contributed by atoms with van der Waals surface area (Å²) in [6.07, 6.45) is 2.94. The number of likely N-dealkylation sites (N-methyl/N-ethyl adjacent to an activating group) is 1. The number of amides is 2. The Bertz CT molecular complexity index is 800. The number of hydrogen-bond donors (Lipinski definition) is 2. The summed E-state index contributed by atoms with van der Waals surface area (Å²) in [5.41, 5.74) is 1.22. The molecule has 0 saturated carbocycles. The lowest BCUT2D eigenvalue weighted by Crippen LogP contribution is -2.42. The van der Waals surface area contributed by atoms with Crippen molar-refractivity contribution in [1.82, 2.24) is 20.5 Å². The largest absolute Gasteiger partial charge is 0.348 e. The van der Waals surface area contributed by atoms with Crippen molar-refractivity contribution < 1.29 is 14.0 Å². The molecule has 142 valence electrons. The second kappa shape index (κ2) is 8.73. The molecule has 2 amide bonds. The van der Waals surface area contributed by atoms with E-state index in [0.29, 0.717) is 25.9 Å². The summed E-state index contributed by atoms with van der Waals surface area (Å²) in [5, 5.41) is 6.01. The second-order valence-electron chi connectivity index (χ2n) is 6.71. The van der Waals surface area contributed by atoms with Crippen molar-refractivity contribution in [3.05, 3.63) is 65.7 Å². The smallest absolute Gasteiger partial charge is 0.251 e. The van der Waals surface area contributed by atoms with Gasteiger partial charge in [0.15, 0.2) is 0 Å². The Morgan fingerprint density at radius 1 is 1.30 bits per heavy atom. The van der Waals surface area contributed by atoms with Gasteiger partial charge in [0.1, 0.15) is 5.82 Å². The van der Waals surface area contributed by atoms with Gasteiger partial charge in [0.05, 0.1) is 6.04 Å². The predicted molar refractivity (Wildman–Crippen MR) is 99.6 cm³/mol. The summed E-state index contributed by atoms with van der Waals surface area (Å²) < 4.78 is 13.2. The third-order valence-corrected chi connectivity index (χ3v) is 4.66. The first-order chi connectivity index (χ1) is 13.0. The summed E-state index contributed by atoms with van der Waals surface area (Å²) in [4.78, 5) is 30.8. The van der Waals surface area contributed by atoms with Gasteiger partial charge in [-0.05, 0) is 36.8 Å². The van der Waals surface area contributed by atoms with Crippen LogP contribution in [0.1, 0.15) is 22.5 Å². The number of nitrogens with zero attached hydrogens (tertiary/aromatic N) is 2. The van der Waals surface area contributed by atoms with Crippen molar-refractivity contribution in [2.24, 2.45) is 0 Å². The number of benzene rings is 1. The fourth-order valence-corrected chi connectivity index (χ4v) is 3.14. The molecule has 1 aliphatic heterocycles. The van der Waals surface area contributed by atoms with E-state index in [2.05, 4.69) is 15.6 Å². The highest BCUT2D eigenvalue weighted by molar-refractivity contribution is 5.94. The van der Waals surface area contributed by atoms with Crippen molar-refractivity contribution in [2.75, 3.05) is 20.1 Å². The molecule has 2 N–H and O–H groups in total. The van der Waals surface area contributed by atoms with Gasteiger partial charge in [-0.2, -0.15) is 0 Å². The van der Waals surface area contributed by atoms with Crippen molar-refractivity contribution >= 4 is 11.8 Å². The van der Waals surface area contributed by atoms with E-state index in [1.807, 2.05) is 18.2 Å². The maximum absolute atomic E-state index is 13.2. The number of carbonyl (C=O) groups excluding carboxylic acids is 2. The molecule has 1 fully saturated rings. The molecule has 2 atom stereocenters. The first-order valence-electron chi connectivity index (χ1n) is 8.97. The zero-order valence-electron chi connectivity index (χ0n) is 15.2. The zero-order valence-corrected chi connectivity index (χ0v) is 15.2. The van der Waals surface area contributed by atoms with Crippen LogP contribution in [0.2, 0.25) is 0 Å². The van der Waals surface area contributed by atoms with Crippen LogP contribution in [0.5, 0.6) is 0 Å². The molecular weight excluding hydrogens is 347 g/mol. The van der Waals surface area contributed by atoms with E-state index in [0.717, 1.165) is 5.69 Å². The number of nitrogens with one attached hydrogen (secondary N) is 2. The first-order valence-corrected chi connectivity index (χ1v) is 8.97. The minimum atomic E-state index is -0.449. The molecule has 1 aromatic carbocycles. The number of rotatable bonds is 6. The summed E-state index contributed by atoms with van der Waals surface area (Å²) in [5.74, 6) is -0.791. The van der Waals surface area contributed by atoms with Crippen LogP contribution in [0.4, 0.5) is 4.39 Å². The molecule has 3 rings (SSSR count). The van der Waals surface area contributed by atoms with Gasteiger partial charge in [0.25, 0.3) is 5.91 Å². The van der Waals surface area contributed by atoms with Crippen LogP contribution >= 0.6 is 0 Å². The van der Waals surface area contributed by atoms with Gasteiger partial charge in [0.2, 0.25) is 5.91 Å². The van der Waals surface area contributed by atoms with Crippen molar-refractivity contribution in [1.29, 1.82) is 0 Å². The van der Waals surface area contributed by atoms with Crippen molar-refractivity contribution in [3.63, 3.8) is 0 Å². The molecule has 0 aliphatic carbocycles. The van der Waals surface area contributed by atoms with Gasteiger partial charge >= 0.3 is 0 Å². The molecule has 2 aromatic rings. The summed E-state index contributed by atoms with van der Waals surface area (Å²) in [6, 6.07) is 10.8. The predicted octanol–water partition coefficient (Wildman–Crippen LogP) is 1.38. The Hall–Kier alpha value is -2.80. The van der Waals surface area contributed by atoms with Gasteiger partial charge in [-0.25, -0.2) is 4.39 Å². The zero-order chi connectivity index (χ0) is 19.2. The fourth-order valence-electron chi connectivity index (χ4n) is 3.14. The molecule has 0 spiro atoms. The van der Waals surface area contributed by atoms with E-state index < -0.39 is 5.82 Å². The van der Waals surface area contributed by atoms with Gasteiger partial charge in [0, 0.05) is 50.1 Å². The maximum atomic E-state index is 13.2. The topological polar surface area (TPSA) is 74.3 Å². The van der Waals surface area contributed by atoms with E-state index >= 15 is 0 Å². The average molecular weight is 370 g/mol. The molecule has 27 heavy (non-hydrogen) atoms. The van der Waals surface area contributed by atoms with E-state index in [1.54, 1.807) is 24.2 Å². The monoisotopic (exact) mass is 370 g/mol. The van der Waals surface area contributed by atoms with Crippen LogP contribution in [0, 0.1) is 5.82 Å². The van der Waals surface area contributed by atoms with Crippen molar-refractivity contribution in [2.45, 2.75) is 24.9 Å². The molecule has 6 nitrogen and oxygen atoms in total. The van der Waals surface area contributed by atoms with Crippen LogP contribution in [-0.4, -0.2) is 53.9 Å². The second-order valence-corrected chi connectivity index (χ2v) is 6.71. The SMILES string of the molecule is CN(CCc1ccccn1)C(=O)[C@@H]1C[C@@H](NC(=O)c2cccc(F)c2)CN1. The van der Waals surface area contributed by atoms with E-state index in [1.165, 1.54) is 18.2 Å². The summed E-state index contributed by atoms with van der Waals surface area (Å²) in [7, 11) is 1.77. The minimum absolute atomic E-state index is 0.00608. The lowest BCUT2D eigenvalue weighted by molar-refractivity contribution is -0.131. The van der Waals surface area contributed by atoms with Crippen LogP contribution in [0.25, 0.3) is 0 Å². The maximum Gasteiger partial charge on any atom is 0.251 e. The average Bonchev–Trinajstić information content (AvgIpc) is 3.14. The van der Waals surface area contributed by atoms with Gasteiger partial charge in [-0.3, -0.25) is 14.6 Å². The summed E-state index contributed by atoms with van der Waals surface area (Å²) >= 11 is 0. The minimum Gasteiger partial charge on any atom is -0.348 e. The highest BCUT2D eigenvalue weighted by atomic mass is 19.1. The Labute approximate surface area is 157 Å². The Balaban J connectivity index is 1.48. The number of pyridine rings is 1. The highest BCUT2D eigenvalue weighted by Crippen LogP contribution is 2.11. The van der Waals surface area contributed by atoms with Crippen molar-refractivity contribution in [3.8, 4) is 0 Å². The fraction of sp³-hybridized carbons (Fsp3) is 0.350. The molecule has 2 heterocycles.